The molecule has 0 saturated carbocycles. The molecule has 0 aliphatic rings. The van der Waals surface area contributed by atoms with Gasteiger partial charge < -0.3 is 4.74 Å². The zero-order chi connectivity index (χ0) is 22.2. The van der Waals surface area contributed by atoms with Crippen LogP contribution in [0.1, 0.15) is 31.0 Å². The van der Waals surface area contributed by atoms with E-state index in [4.69, 9.17) is 16.3 Å². The summed E-state index contributed by atoms with van der Waals surface area (Å²) in [5, 5.41) is 5.94. The van der Waals surface area contributed by atoms with Crippen LogP contribution in [0.2, 0.25) is 5.15 Å². The molecular weight excluding hydrogens is 426 g/mol. The monoisotopic (exact) mass is 449 g/mol. The zero-order valence-corrected chi connectivity index (χ0v) is 19.1. The van der Waals surface area contributed by atoms with Crippen molar-refractivity contribution in [3.8, 4) is 5.75 Å². The lowest BCUT2D eigenvalue weighted by atomic mass is 9.97. The maximum Gasteiger partial charge on any atom is 0.271 e. The van der Waals surface area contributed by atoms with Crippen molar-refractivity contribution < 1.29 is 17.9 Å². The number of halogens is 1. The predicted molar refractivity (Wildman–Crippen MR) is 116 cm³/mol. The van der Waals surface area contributed by atoms with Crippen molar-refractivity contribution in [2.45, 2.75) is 31.6 Å². The molecule has 7 nitrogen and oxygen atoms in total. The second-order valence-corrected chi connectivity index (χ2v) is 9.19. The molecule has 1 unspecified atom stereocenters. The molecule has 0 N–H and O–H groups in total. The summed E-state index contributed by atoms with van der Waals surface area (Å²) in [4.78, 5) is 13.1. The Hall–Kier alpha value is -2.58. The van der Waals surface area contributed by atoms with E-state index in [1.807, 2.05) is 36.4 Å². The molecule has 3 rings (SSSR count). The van der Waals surface area contributed by atoms with E-state index in [2.05, 4.69) is 5.10 Å². The van der Waals surface area contributed by atoms with E-state index in [-0.39, 0.29) is 22.3 Å². The maximum atomic E-state index is 13.2. The highest BCUT2D eigenvalue weighted by Crippen LogP contribution is 2.31. The summed E-state index contributed by atoms with van der Waals surface area (Å²) >= 11 is 6.16. The van der Waals surface area contributed by atoms with Crippen molar-refractivity contribution in [2.24, 2.45) is 7.05 Å². The first-order valence-electron chi connectivity index (χ1n) is 9.45. The molecule has 9 heteroatoms. The quantitative estimate of drug-likeness (QED) is 0.570. The summed E-state index contributed by atoms with van der Waals surface area (Å²) < 4.78 is 33.9. The van der Waals surface area contributed by atoms with Gasteiger partial charge in [0.2, 0.25) is 5.91 Å². The Morgan fingerprint density at radius 2 is 1.87 bits per heavy atom. The number of rotatable bonds is 6. The zero-order valence-electron chi connectivity index (χ0n) is 17.5. The van der Waals surface area contributed by atoms with Crippen molar-refractivity contribution in [3.05, 3.63) is 52.8 Å². The first-order valence-corrected chi connectivity index (χ1v) is 11.3. The van der Waals surface area contributed by atoms with Gasteiger partial charge in [-0.25, -0.2) is 12.7 Å². The molecule has 0 fully saturated rings. The third-order valence-corrected chi connectivity index (χ3v) is 7.69. The number of likely N-dealkylation sites (N-methyl/N-ethyl adjacent to an activating group) is 1. The van der Waals surface area contributed by atoms with Gasteiger partial charge in [0, 0.05) is 13.6 Å². The Labute approximate surface area is 181 Å². The van der Waals surface area contributed by atoms with E-state index in [9.17, 15) is 13.2 Å². The normalized spacial score (nSPS) is 12.7. The van der Waals surface area contributed by atoms with Gasteiger partial charge in [-0.05, 0) is 49.2 Å². The van der Waals surface area contributed by atoms with Crippen LogP contribution in [-0.2, 0) is 21.9 Å². The van der Waals surface area contributed by atoms with Gasteiger partial charge in [-0.1, -0.05) is 35.9 Å². The highest BCUT2D eigenvalue weighted by molar-refractivity contribution is 7.89. The summed E-state index contributed by atoms with van der Waals surface area (Å²) in [6.45, 7) is 4.86. The van der Waals surface area contributed by atoms with Crippen molar-refractivity contribution in [2.75, 3.05) is 13.7 Å². The van der Waals surface area contributed by atoms with Gasteiger partial charge >= 0.3 is 0 Å². The first-order chi connectivity index (χ1) is 14.1. The van der Waals surface area contributed by atoms with Gasteiger partial charge in [0.05, 0.1) is 18.7 Å². The molecule has 3 aromatic rings. The van der Waals surface area contributed by atoms with Gasteiger partial charge in [0.1, 0.15) is 15.8 Å². The minimum absolute atomic E-state index is 0.0129. The van der Waals surface area contributed by atoms with Gasteiger partial charge in [-0.15, -0.1) is 0 Å². The minimum Gasteiger partial charge on any atom is -0.497 e. The maximum absolute atomic E-state index is 13.2. The molecule has 1 heterocycles. The Morgan fingerprint density at radius 1 is 1.23 bits per heavy atom. The summed E-state index contributed by atoms with van der Waals surface area (Å²) in [7, 11) is -0.985. The van der Waals surface area contributed by atoms with E-state index >= 15 is 0 Å². The molecule has 0 saturated heterocycles. The molecule has 160 valence electrons. The van der Waals surface area contributed by atoms with E-state index < -0.39 is 21.8 Å². The van der Waals surface area contributed by atoms with Gasteiger partial charge in [0.25, 0.3) is 10.0 Å². The van der Waals surface area contributed by atoms with E-state index in [1.54, 1.807) is 34.9 Å². The summed E-state index contributed by atoms with van der Waals surface area (Å²) in [6.07, 6.45) is 0. The van der Waals surface area contributed by atoms with E-state index in [0.29, 0.717) is 0 Å². The van der Waals surface area contributed by atoms with Crippen LogP contribution < -0.4 is 4.74 Å². The lowest BCUT2D eigenvalue weighted by Crippen LogP contribution is -2.39. The number of aromatic nitrogens is 2. The van der Waals surface area contributed by atoms with Crippen LogP contribution in [0.3, 0.4) is 0 Å². The fourth-order valence-corrected chi connectivity index (χ4v) is 5.64. The third-order valence-electron chi connectivity index (χ3n) is 5.12. The van der Waals surface area contributed by atoms with E-state index in [1.165, 1.54) is 4.68 Å². The average Bonchev–Trinajstić information content (AvgIpc) is 2.98. The number of sulfonamides is 1. The molecule has 0 bridgehead atoms. The van der Waals surface area contributed by atoms with Crippen molar-refractivity contribution in [3.63, 3.8) is 0 Å². The smallest absolute Gasteiger partial charge is 0.271 e. The van der Waals surface area contributed by atoms with Crippen LogP contribution >= 0.6 is 11.6 Å². The van der Waals surface area contributed by atoms with Gasteiger partial charge in [-0.2, -0.15) is 5.10 Å². The lowest BCUT2D eigenvalue weighted by molar-refractivity contribution is -0.127. The molecular formula is C21H24ClN3O4S. The molecule has 0 aliphatic carbocycles. The molecule has 0 radical (unpaired) electrons. The first kappa shape index (κ1) is 22.1. The average molecular weight is 450 g/mol. The number of methoxy groups -OCH3 is 1. The second kappa shape index (κ2) is 8.28. The number of fused-ring (bicyclic) bond motifs is 1. The Kier molecular flexibility index (Phi) is 6.10. The summed E-state index contributed by atoms with van der Waals surface area (Å²) in [5.41, 5.74) is 0.973. The van der Waals surface area contributed by atoms with Crippen LogP contribution in [0.15, 0.2) is 41.3 Å². The second-order valence-electron chi connectivity index (χ2n) is 7.03. The Balaban J connectivity index is 1.98. The molecule has 1 atom stereocenters. The van der Waals surface area contributed by atoms with Crippen LogP contribution in [0, 0.1) is 6.92 Å². The molecule has 0 spiro atoms. The van der Waals surface area contributed by atoms with Gasteiger partial charge in [0.15, 0.2) is 0 Å². The number of ether oxygens (including phenoxy) is 1. The number of benzene rings is 2. The highest BCUT2D eigenvalue weighted by atomic mass is 35.5. The fourth-order valence-electron chi connectivity index (χ4n) is 3.46. The number of hydrogen-bond donors (Lipinski definition) is 0. The van der Waals surface area contributed by atoms with Crippen LogP contribution in [-0.4, -0.2) is 42.1 Å². The summed E-state index contributed by atoms with van der Waals surface area (Å²) in [5.74, 6) is -0.446. The highest BCUT2D eigenvalue weighted by Gasteiger charge is 2.36. The molecule has 1 aromatic heterocycles. The number of aryl methyl sites for hydroxylation is 2. The van der Waals surface area contributed by atoms with Crippen LogP contribution in [0.5, 0.6) is 5.75 Å². The van der Waals surface area contributed by atoms with Crippen molar-refractivity contribution >= 4 is 38.3 Å². The van der Waals surface area contributed by atoms with Crippen LogP contribution in [0.4, 0.5) is 0 Å². The number of carbonyl (C=O) groups is 1. The molecule has 1 amide bonds. The number of carbonyl (C=O) groups excluding carboxylic acids is 1. The Morgan fingerprint density at radius 3 is 2.43 bits per heavy atom. The number of hydrogen-bond acceptors (Lipinski definition) is 5. The van der Waals surface area contributed by atoms with Crippen molar-refractivity contribution in [1.29, 1.82) is 0 Å². The largest absolute Gasteiger partial charge is 0.497 e. The summed E-state index contributed by atoms with van der Waals surface area (Å²) in [6, 6.07) is 11.3. The van der Waals surface area contributed by atoms with Gasteiger partial charge in [-0.3, -0.25) is 9.48 Å². The van der Waals surface area contributed by atoms with Crippen LogP contribution in [0.25, 0.3) is 10.8 Å². The number of nitrogens with zero attached hydrogens (tertiary/aromatic N) is 3. The standard InChI is InChI=1S/C21H24ClN3O4S/c1-6-25(30(27,28)19-14(3)23-24(4)20(19)22)21(26)13(2)15-7-8-17-12-18(29-5)10-9-16(17)11-15/h7-13H,6H2,1-5H3. The SMILES string of the molecule is CCN(C(=O)C(C)c1ccc2cc(OC)ccc2c1)S(=O)(=O)c1c(C)nn(C)c1Cl. The lowest BCUT2D eigenvalue weighted by Gasteiger charge is -2.24. The minimum atomic E-state index is -4.14. The molecule has 2 aromatic carbocycles. The number of amides is 1. The third kappa shape index (κ3) is 3.77. The predicted octanol–water partition coefficient (Wildman–Crippen LogP) is 3.88. The topological polar surface area (TPSA) is 81.5 Å². The molecule has 30 heavy (non-hydrogen) atoms. The van der Waals surface area contributed by atoms with E-state index in [0.717, 1.165) is 26.4 Å². The van der Waals surface area contributed by atoms with Crippen molar-refractivity contribution in [1.82, 2.24) is 14.1 Å². The Bertz CT molecular complexity index is 1220. The molecule has 0 aliphatic heterocycles. The fraction of sp³-hybridized carbons (Fsp3) is 0.333.